The topological polar surface area (TPSA) is 76.7 Å². The number of rotatable bonds is 5. The summed E-state index contributed by atoms with van der Waals surface area (Å²) in [6, 6.07) is 0.363. The SMILES string of the molecule is CC(C/C=C\CC1CCCCC(N)=N1)NC(=O)OC(C)(C)C. The number of aliphatic imine (C=N–C) groups is 1. The molecule has 0 saturated heterocycles. The highest BCUT2D eigenvalue weighted by atomic mass is 16.6. The van der Waals surface area contributed by atoms with E-state index in [4.69, 9.17) is 10.5 Å². The van der Waals surface area contributed by atoms with Crippen molar-refractivity contribution < 1.29 is 9.53 Å². The first-order valence-electron chi connectivity index (χ1n) is 8.23. The number of carbonyl (C=O) groups is 1. The maximum atomic E-state index is 11.6. The molecule has 0 aromatic rings. The Balaban J connectivity index is 2.27. The number of nitrogens with one attached hydrogen (secondary N) is 1. The molecule has 126 valence electrons. The van der Waals surface area contributed by atoms with Crippen molar-refractivity contribution in [1.82, 2.24) is 5.32 Å². The van der Waals surface area contributed by atoms with Crippen LogP contribution in [0.4, 0.5) is 4.79 Å². The van der Waals surface area contributed by atoms with Crippen LogP contribution in [0.1, 0.15) is 66.2 Å². The molecule has 0 bridgehead atoms. The number of hydrogen-bond donors (Lipinski definition) is 2. The molecule has 3 N–H and O–H groups in total. The fourth-order valence-electron chi connectivity index (χ4n) is 2.34. The second-order valence-corrected chi connectivity index (χ2v) is 7.01. The van der Waals surface area contributed by atoms with Crippen molar-refractivity contribution in [3.05, 3.63) is 12.2 Å². The fraction of sp³-hybridized carbons (Fsp3) is 0.765. The second kappa shape index (κ2) is 8.81. The van der Waals surface area contributed by atoms with E-state index in [1.165, 1.54) is 6.42 Å². The van der Waals surface area contributed by atoms with E-state index in [2.05, 4.69) is 22.5 Å². The molecule has 0 radical (unpaired) electrons. The Hall–Kier alpha value is -1.52. The number of alkyl carbamates (subject to hydrolysis) is 1. The maximum absolute atomic E-state index is 11.6. The van der Waals surface area contributed by atoms with Crippen LogP contribution in [0.3, 0.4) is 0 Å². The monoisotopic (exact) mass is 309 g/mol. The summed E-state index contributed by atoms with van der Waals surface area (Å²) in [5.74, 6) is 0.788. The number of nitrogens with zero attached hydrogens (tertiary/aromatic N) is 1. The van der Waals surface area contributed by atoms with Crippen LogP contribution < -0.4 is 11.1 Å². The summed E-state index contributed by atoms with van der Waals surface area (Å²) in [6.45, 7) is 7.54. The van der Waals surface area contributed by atoms with Crippen LogP contribution in [0.2, 0.25) is 0 Å². The lowest BCUT2D eigenvalue weighted by Crippen LogP contribution is -2.37. The average molecular weight is 309 g/mol. The number of nitrogens with two attached hydrogens (primary N) is 1. The summed E-state index contributed by atoms with van der Waals surface area (Å²) in [5, 5.41) is 2.83. The zero-order chi connectivity index (χ0) is 16.6. The first-order valence-corrected chi connectivity index (χ1v) is 8.23. The molecule has 0 fully saturated rings. The van der Waals surface area contributed by atoms with Crippen molar-refractivity contribution in [3.8, 4) is 0 Å². The minimum Gasteiger partial charge on any atom is -0.444 e. The predicted octanol–water partition coefficient (Wildman–Crippen LogP) is 3.54. The van der Waals surface area contributed by atoms with Crippen molar-refractivity contribution in [2.45, 2.75) is 83.9 Å². The van der Waals surface area contributed by atoms with Gasteiger partial charge in [-0.3, -0.25) is 4.99 Å². The zero-order valence-electron chi connectivity index (χ0n) is 14.4. The Bertz CT molecular complexity index is 411. The molecule has 0 spiro atoms. The van der Waals surface area contributed by atoms with Gasteiger partial charge < -0.3 is 15.8 Å². The summed E-state index contributed by atoms with van der Waals surface area (Å²) < 4.78 is 5.23. The molecule has 22 heavy (non-hydrogen) atoms. The van der Waals surface area contributed by atoms with Gasteiger partial charge >= 0.3 is 6.09 Å². The van der Waals surface area contributed by atoms with E-state index < -0.39 is 5.60 Å². The van der Waals surface area contributed by atoms with Crippen LogP contribution in [-0.2, 0) is 4.74 Å². The molecule has 1 amide bonds. The van der Waals surface area contributed by atoms with Crippen molar-refractivity contribution in [1.29, 1.82) is 0 Å². The van der Waals surface area contributed by atoms with Crippen LogP contribution >= 0.6 is 0 Å². The van der Waals surface area contributed by atoms with Gasteiger partial charge in [0.15, 0.2) is 0 Å². The molecule has 0 saturated carbocycles. The Kier molecular flexibility index (Phi) is 7.42. The fourth-order valence-corrected chi connectivity index (χ4v) is 2.34. The molecule has 0 aliphatic carbocycles. The third kappa shape index (κ3) is 8.70. The molecule has 2 atom stereocenters. The molecule has 5 heteroatoms. The molecule has 1 aliphatic heterocycles. The number of ether oxygens (including phenoxy) is 1. The Labute approximate surface area is 134 Å². The molecule has 5 nitrogen and oxygen atoms in total. The summed E-state index contributed by atoms with van der Waals surface area (Å²) in [6.07, 6.45) is 9.94. The Morgan fingerprint density at radius 2 is 2.18 bits per heavy atom. The lowest BCUT2D eigenvalue weighted by atomic mass is 10.1. The van der Waals surface area contributed by atoms with Crippen molar-refractivity contribution >= 4 is 11.9 Å². The van der Waals surface area contributed by atoms with Gasteiger partial charge in [0, 0.05) is 12.5 Å². The molecule has 1 aliphatic rings. The van der Waals surface area contributed by atoms with E-state index in [9.17, 15) is 4.79 Å². The van der Waals surface area contributed by atoms with Crippen LogP contribution in [0.15, 0.2) is 17.1 Å². The third-order valence-corrected chi connectivity index (χ3v) is 3.40. The molecule has 2 unspecified atom stereocenters. The molecule has 0 aromatic carbocycles. The summed E-state index contributed by atoms with van der Waals surface area (Å²) in [4.78, 5) is 16.2. The van der Waals surface area contributed by atoms with Gasteiger partial charge in [0.1, 0.15) is 5.60 Å². The molecule has 1 heterocycles. The van der Waals surface area contributed by atoms with E-state index >= 15 is 0 Å². The van der Waals surface area contributed by atoms with Gasteiger partial charge in [-0.15, -0.1) is 0 Å². The summed E-state index contributed by atoms with van der Waals surface area (Å²) in [5.41, 5.74) is 5.39. The maximum Gasteiger partial charge on any atom is 0.407 e. The van der Waals surface area contributed by atoms with Crippen molar-refractivity contribution in [2.75, 3.05) is 0 Å². The molecule has 1 rings (SSSR count). The van der Waals surface area contributed by atoms with E-state index in [0.29, 0.717) is 6.04 Å². The van der Waals surface area contributed by atoms with Gasteiger partial charge in [-0.05, 0) is 53.4 Å². The number of hydrogen-bond acceptors (Lipinski definition) is 4. The highest BCUT2D eigenvalue weighted by Gasteiger charge is 2.17. The largest absolute Gasteiger partial charge is 0.444 e. The highest BCUT2D eigenvalue weighted by molar-refractivity contribution is 5.80. The van der Waals surface area contributed by atoms with Crippen LogP contribution in [-0.4, -0.2) is 29.6 Å². The van der Waals surface area contributed by atoms with Crippen LogP contribution in [0.25, 0.3) is 0 Å². The van der Waals surface area contributed by atoms with E-state index in [-0.39, 0.29) is 12.1 Å². The van der Waals surface area contributed by atoms with E-state index in [1.807, 2.05) is 27.7 Å². The molecular formula is C17H31N3O2. The smallest absolute Gasteiger partial charge is 0.407 e. The minimum atomic E-state index is -0.461. The number of amides is 1. The average Bonchev–Trinajstić information content (AvgIpc) is 2.56. The third-order valence-electron chi connectivity index (χ3n) is 3.40. The number of carbonyl (C=O) groups excluding carboxylic acids is 1. The second-order valence-electron chi connectivity index (χ2n) is 7.01. The van der Waals surface area contributed by atoms with Gasteiger partial charge in [-0.1, -0.05) is 18.6 Å². The number of amidine groups is 1. The van der Waals surface area contributed by atoms with Gasteiger partial charge in [-0.25, -0.2) is 4.79 Å². The minimum absolute atomic E-state index is 0.0498. The predicted molar refractivity (Wildman–Crippen MR) is 91.1 cm³/mol. The zero-order valence-corrected chi connectivity index (χ0v) is 14.4. The van der Waals surface area contributed by atoms with Gasteiger partial charge in [0.05, 0.1) is 11.9 Å². The van der Waals surface area contributed by atoms with E-state index in [1.54, 1.807) is 0 Å². The Morgan fingerprint density at radius 3 is 2.86 bits per heavy atom. The molecule has 0 aromatic heterocycles. The van der Waals surface area contributed by atoms with Crippen LogP contribution in [0, 0.1) is 0 Å². The van der Waals surface area contributed by atoms with Gasteiger partial charge in [0.2, 0.25) is 0 Å². The quantitative estimate of drug-likeness (QED) is 0.763. The Morgan fingerprint density at radius 1 is 1.45 bits per heavy atom. The highest BCUT2D eigenvalue weighted by Crippen LogP contribution is 2.15. The molecular weight excluding hydrogens is 278 g/mol. The van der Waals surface area contributed by atoms with Crippen LogP contribution in [0.5, 0.6) is 0 Å². The first kappa shape index (κ1) is 18.5. The summed E-state index contributed by atoms with van der Waals surface area (Å²) in [7, 11) is 0. The van der Waals surface area contributed by atoms with E-state index in [0.717, 1.165) is 37.9 Å². The summed E-state index contributed by atoms with van der Waals surface area (Å²) >= 11 is 0. The normalized spacial score (nSPS) is 21.1. The van der Waals surface area contributed by atoms with Crippen molar-refractivity contribution in [2.24, 2.45) is 10.7 Å². The standard InChI is InChI=1S/C17H31N3O2/c1-13(19-16(21)22-17(2,3)4)9-5-6-10-14-11-7-8-12-15(18)20-14/h5-6,13-14H,7-12H2,1-4H3,(H2,18,20)(H,19,21)/b6-5-. The lowest BCUT2D eigenvalue weighted by molar-refractivity contribution is 0.0509. The van der Waals surface area contributed by atoms with Gasteiger partial charge in [-0.2, -0.15) is 0 Å². The lowest BCUT2D eigenvalue weighted by Gasteiger charge is -2.21. The van der Waals surface area contributed by atoms with Crippen molar-refractivity contribution in [3.63, 3.8) is 0 Å². The van der Waals surface area contributed by atoms with Gasteiger partial charge in [0.25, 0.3) is 0 Å². The first-order chi connectivity index (χ1) is 10.3.